The molecule has 0 unspecified atom stereocenters. The number of anilines is 1. The van der Waals surface area contributed by atoms with Crippen LogP contribution in [0.15, 0.2) is 34.4 Å². The van der Waals surface area contributed by atoms with Crippen molar-refractivity contribution in [3.8, 4) is 0 Å². The molecule has 0 saturated carbocycles. The van der Waals surface area contributed by atoms with E-state index >= 15 is 0 Å². The molecule has 3 heterocycles. The topological polar surface area (TPSA) is 53.9 Å². The Balaban J connectivity index is 1.98. The number of imidazole rings is 1. The number of rotatable bonds is 5. The quantitative estimate of drug-likeness (QED) is 0.778. The van der Waals surface area contributed by atoms with E-state index in [-0.39, 0.29) is 6.61 Å². The molecule has 5 nitrogen and oxygen atoms in total. The zero-order valence-corrected chi connectivity index (χ0v) is 11.4. The van der Waals surface area contributed by atoms with E-state index in [0.29, 0.717) is 6.54 Å². The maximum absolute atomic E-state index is 9.59. The van der Waals surface area contributed by atoms with Gasteiger partial charge in [-0.05, 0) is 19.1 Å². The lowest BCUT2D eigenvalue weighted by Crippen LogP contribution is -2.23. The molecule has 0 aliphatic heterocycles. The second kappa shape index (κ2) is 5.07. The van der Waals surface area contributed by atoms with E-state index in [9.17, 15) is 5.11 Å². The van der Waals surface area contributed by atoms with Crippen LogP contribution in [0.5, 0.6) is 0 Å². The fraction of sp³-hybridized carbons (Fsp3) is 0.308. The van der Waals surface area contributed by atoms with Gasteiger partial charge < -0.3 is 14.4 Å². The number of aliphatic hydroxyl groups excluding tert-OH is 1. The number of fused-ring (bicyclic) bond motifs is 1. The Morgan fingerprint density at radius 2 is 2.42 bits per heavy atom. The van der Waals surface area contributed by atoms with Gasteiger partial charge in [-0.3, -0.25) is 4.40 Å². The summed E-state index contributed by atoms with van der Waals surface area (Å²) in [6, 6.07) is 3.82. The van der Waals surface area contributed by atoms with Gasteiger partial charge in [-0.1, -0.05) is 0 Å². The van der Waals surface area contributed by atoms with Gasteiger partial charge in [0.2, 0.25) is 0 Å². The fourth-order valence-corrected chi connectivity index (χ4v) is 2.88. The first-order valence-corrected chi connectivity index (χ1v) is 7.04. The van der Waals surface area contributed by atoms with Gasteiger partial charge in [-0.25, -0.2) is 4.98 Å². The van der Waals surface area contributed by atoms with Gasteiger partial charge in [0, 0.05) is 18.1 Å². The zero-order valence-electron chi connectivity index (χ0n) is 10.6. The number of furan rings is 1. The molecule has 19 heavy (non-hydrogen) atoms. The molecule has 1 N–H and O–H groups in total. The van der Waals surface area contributed by atoms with E-state index in [1.807, 2.05) is 28.1 Å². The minimum absolute atomic E-state index is 0.0259. The van der Waals surface area contributed by atoms with Crippen molar-refractivity contribution in [2.45, 2.75) is 20.1 Å². The van der Waals surface area contributed by atoms with Crippen molar-refractivity contribution in [2.75, 3.05) is 11.4 Å². The first-order chi connectivity index (χ1) is 9.33. The van der Waals surface area contributed by atoms with E-state index in [0.717, 1.165) is 28.8 Å². The molecule has 0 fully saturated rings. The van der Waals surface area contributed by atoms with Gasteiger partial charge in [0.05, 0.1) is 25.1 Å². The van der Waals surface area contributed by atoms with Gasteiger partial charge in [-0.2, -0.15) is 0 Å². The second-order valence-corrected chi connectivity index (χ2v) is 5.06. The third kappa shape index (κ3) is 2.13. The SMILES string of the molecule is CCN(Cc1ccco1)c1nc2sccn2c1CO. The van der Waals surface area contributed by atoms with E-state index in [1.165, 1.54) is 0 Å². The summed E-state index contributed by atoms with van der Waals surface area (Å²) >= 11 is 1.56. The number of hydrogen-bond acceptors (Lipinski definition) is 5. The van der Waals surface area contributed by atoms with Gasteiger partial charge >= 0.3 is 0 Å². The minimum Gasteiger partial charge on any atom is -0.467 e. The minimum atomic E-state index is -0.0259. The molecule has 0 atom stereocenters. The Hall–Kier alpha value is -1.79. The highest BCUT2D eigenvalue weighted by Gasteiger charge is 2.18. The molecule has 3 aromatic rings. The lowest BCUT2D eigenvalue weighted by molar-refractivity contribution is 0.276. The molecule has 100 valence electrons. The first kappa shape index (κ1) is 12.3. The van der Waals surface area contributed by atoms with Gasteiger partial charge in [-0.15, -0.1) is 11.3 Å². The Morgan fingerprint density at radius 1 is 1.53 bits per heavy atom. The number of aromatic nitrogens is 2. The van der Waals surface area contributed by atoms with Crippen molar-refractivity contribution in [3.63, 3.8) is 0 Å². The molecule has 0 bridgehead atoms. The van der Waals surface area contributed by atoms with Crippen LogP contribution < -0.4 is 4.90 Å². The third-order valence-electron chi connectivity index (χ3n) is 3.10. The molecule has 0 aliphatic carbocycles. The van der Waals surface area contributed by atoms with Crippen LogP contribution in [-0.2, 0) is 13.2 Å². The number of aliphatic hydroxyl groups is 1. The highest BCUT2D eigenvalue weighted by Crippen LogP contribution is 2.26. The third-order valence-corrected chi connectivity index (χ3v) is 3.85. The number of thiazole rings is 1. The van der Waals surface area contributed by atoms with Crippen LogP contribution in [0.2, 0.25) is 0 Å². The summed E-state index contributed by atoms with van der Waals surface area (Å²) in [6.07, 6.45) is 3.60. The Labute approximate surface area is 114 Å². The van der Waals surface area contributed by atoms with Gasteiger partial charge in [0.15, 0.2) is 10.8 Å². The summed E-state index contributed by atoms with van der Waals surface area (Å²) in [5.74, 6) is 1.72. The number of nitrogens with zero attached hydrogens (tertiary/aromatic N) is 3. The van der Waals surface area contributed by atoms with Crippen LogP contribution in [0.1, 0.15) is 18.4 Å². The van der Waals surface area contributed by atoms with Crippen LogP contribution in [0, 0.1) is 0 Å². The maximum Gasteiger partial charge on any atom is 0.195 e. The summed E-state index contributed by atoms with van der Waals surface area (Å²) in [5.41, 5.74) is 0.824. The standard InChI is InChI=1S/C13H15N3O2S/c1-2-15(8-10-4-3-6-18-10)12-11(9-17)16-5-7-19-13(16)14-12/h3-7,17H,2,8-9H2,1H3. The van der Waals surface area contributed by atoms with Crippen molar-refractivity contribution < 1.29 is 9.52 Å². The van der Waals surface area contributed by atoms with E-state index in [4.69, 9.17) is 4.42 Å². The molecule has 3 aromatic heterocycles. The van der Waals surface area contributed by atoms with Crippen LogP contribution >= 0.6 is 11.3 Å². The average molecular weight is 277 g/mol. The lowest BCUT2D eigenvalue weighted by atomic mass is 10.3. The van der Waals surface area contributed by atoms with E-state index < -0.39 is 0 Å². The van der Waals surface area contributed by atoms with Crippen molar-refractivity contribution in [1.82, 2.24) is 9.38 Å². The molecular weight excluding hydrogens is 262 g/mol. The fourth-order valence-electron chi connectivity index (χ4n) is 2.15. The molecule has 0 aromatic carbocycles. The first-order valence-electron chi connectivity index (χ1n) is 6.16. The van der Waals surface area contributed by atoms with Crippen molar-refractivity contribution in [2.24, 2.45) is 0 Å². The van der Waals surface area contributed by atoms with E-state index in [1.54, 1.807) is 17.6 Å². The average Bonchev–Trinajstić information content (AvgIpc) is 3.11. The Morgan fingerprint density at radius 3 is 3.11 bits per heavy atom. The predicted molar refractivity (Wildman–Crippen MR) is 74.4 cm³/mol. The summed E-state index contributed by atoms with van der Waals surface area (Å²) in [7, 11) is 0. The van der Waals surface area contributed by atoms with Crippen LogP contribution in [0.3, 0.4) is 0 Å². The van der Waals surface area contributed by atoms with Crippen LogP contribution in [0.25, 0.3) is 4.96 Å². The van der Waals surface area contributed by atoms with Crippen molar-refractivity contribution in [3.05, 3.63) is 41.4 Å². The Kier molecular flexibility index (Phi) is 3.27. The summed E-state index contributed by atoms with van der Waals surface area (Å²) in [4.78, 5) is 7.60. The highest BCUT2D eigenvalue weighted by atomic mass is 32.1. The molecule has 0 radical (unpaired) electrons. The monoisotopic (exact) mass is 277 g/mol. The normalized spacial score (nSPS) is 11.3. The second-order valence-electron chi connectivity index (χ2n) is 4.19. The summed E-state index contributed by atoms with van der Waals surface area (Å²) in [5, 5.41) is 11.6. The largest absolute Gasteiger partial charge is 0.467 e. The van der Waals surface area contributed by atoms with Crippen molar-refractivity contribution >= 4 is 22.1 Å². The molecule has 6 heteroatoms. The molecule has 0 amide bonds. The molecule has 0 spiro atoms. The maximum atomic E-state index is 9.59. The zero-order chi connectivity index (χ0) is 13.2. The predicted octanol–water partition coefficient (Wildman–Crippen LogP) is 2.51. The molecule has 0 aliphatic rings. The molecular formula is C13H15N3O2S. The lowest BCUT2D eigenvalue weighted by Gasteiger charge is -2.20. The summed E-state index contributed by atoms with van der Waals surface area (Å²) < 4.78 is 7.32. The van der Waals surface area contributed by atoms with Gasteiger partial charge in [0.25, 0.3) is 0 Å². The van der Waals surface area contributed by atoms with Gasteiger partial charge in [0.1, 0.15) is 5.76 Å². The smallest absolute Gasteiger partial charge is 0.195 e. The van der Waals surface area contributed by atoms with Crippen LogP contribution in [-0.4, -0.2) is 21.0 Å². The van der Waals surface area contributed by atoms with Crippen molar-refractivity contribution in [1.29, 1.82) is 0 Å². The summed E-state index contributed by atoms with van der Waals surface area (Å²) in [6.45, 7) is 3.50. The molecule has 0 saturated heterocycles. The van der Waals surface area contributed by atoms with E-state index in [2.05, 4.69) is 16.8 Å². The molecule has 3 rings (SSSR count). The van der Waals surface area contributed by atoms with Crippen LogP contribution in [0.4, 0.5) is 5.82 Å². The highest BCUT2D eigenvalue weighted by molar-refractivity contribution is 7.15. The number of hydrogen-bond donors (Lipinski definition) is 1. The Bertz CT molecular complexity index is 657.